The van der Waals surface area contributed by atoms with Crippen molar-refractivity contribution in [3.63, 3.8) is 0 Å². The van der Waals surface area contributed by atoms with Gasteiger partial charge in [-0.15, -0.1) is 0 Å². The van der Waals surface area contributed by atoms with Gasteiger partial charge in [0.25, 0.3) is 0 Å². The van der Waals surface area contributed by atoms with Crippen molar-refractivity contribution in [3.05, 3.63) is 0 Å². The molecule has 0 aromatic carbocycles. The Morgan fingerprint density at radius 3 is 1.70 bits per heavy atom. The summed E-state index contributed by atoms with van der Waals surface area (Å²) in [5.74, 6) is 1.91. The quantitative estimate of drug-likeness (QED) is 0.483. The highest BCUT2D eigenvalue weighted by molar-refractivity contribution is 4.80. The number of hydrogen-bond donors (Lipinski definition) is 0. The number of rotatable bonds is 0. The van der Waals surface area contributed by atoms with Crippen LogP contribution in [0.15, 0.2) is 0 Å². The monoisotopic (exact) mass is 140 g/mol. The molecule has 0 nitrogen and oxygen atoms in total. The third-order valence-electron chi connectivity index (χ3n) is 2.61. The van der Waals surface area contributed by atoms with E-state index in [4.69, 9.17) is 0 Å². The predicted octanol–water partition coefficient (Wildman–Crippen LogP) is 3.47. The summed E-state index contributed by atoms with van der Waals surface area (Å²) in [4.78, 5) is 0. The van der Waals surface area contributed by atoms with Crippen LogP contribution in [0.4, 0.5) is 0 Å². The van der Waals surface area contributed by atoms with Crippen LogP contribution in [-0.2, 0) is 0 Å². The molecule has 0 bridgehead atoms. The Morgan fingerprint density at radius 1 is 1.00 bits per heavy atom. The van der Waals surface area contributed by atoms with Crippen molar-refractivity contribution >= 4 is 0 Å². The van der Waals surface area contributed by atoms with E-state index in [2.05, 4.69) is 27.7 Å². The summed E-state index contributed by atoms with van der Waals surface area (Å²) in [5.41, 5.74) is 0.622. The summed E-state index contributed by atoms with van der Waals surface area (Å²) in [6.07, 6.45) is 4.30. The molecular formula is C10H20. The van der Waals surface area contributed by atoms with E-state index in [1.807, 2.05) is 0 Å². The minimum Gasteiger partial charge on any atom is -0.0625 e. The van der Waals surface area contributed by atoms with Gasteiger partial charge in [0.05, 0.1) is 0 Å². The Hall–Kier alpha value is 0. The summed E-state index contributed by atoms with van der Waals surface area (Å²) in [6.45, 7) is 9.58. The molecule has 1 fully saturated rings. The van der Waals surface area contributed by atoms with E-state index in [-0.39, 0.29) is 0 Å². The topological polar surface area (TPSA) is 0 Å². The van der Waals surface area contributed by atoms with Crippen LogP contribution in [0.1, 0.15) is 47.0 Å². The molecule has 0 heteroatoms. The van der Waals surface area contributed by atoms with E-state index >= 15 is 0 Å². The van der Waals surface area contributed by atoms with Crippen LogP contribution in [0.3, 0.4) is 0 Å². The first kappa shape index (κ1) is 8.10. The van der Waals surface area contributed by atoms with Gasteiger partial charge in [0.1, 0.15) is 0 Å². The van der Waals surface area contributed by atoms with E-state index in [0.29, 0.717) is 5.41 Å². The molecule has 0 aliphatic heterocycles. The van der Waals surface area contributed by atoms with Gasteiger partial charge < -0.3 is 0 Å². The van der Waals surface area contributed by atoms with Crippen molar-refractivity contribution in [2.45, 2.75) is 47.0 Å². The zero-order valence-corrected chi connectivity index (χ0v) is 7.78. The van der Waals surface area contributed by atoms with E-state index in [9.17, 15) is 0 Å². The zero-order chi connectivity index (χ0) is 7.78. The fourth-order valence-electron chi connectivity index (χ4n) is 2.82. The maximum atomic E-state index is 2.40. The lowest BCUT2D eigenvalue weighted by molar-refractivity contribution is 0.143. The summed E-state index contributed by atoms with van der Waals surface area (Å²) in [6, 6.07) is 0. The average Bonchev–Trinajstić information content (AvgIpc) is 1.54. The van der Waals surface area contributed by atoms with Crippen molar-refractivity contribution in [2.24, 2.45) is 17.3 Å². The molecule has 0 saturated heterocycles. The standard InChI is InChI=1S/C10H20/c1-8-5-9(2)7-10(3,4)6-8/h8-9H,5-7H2,1-4H3/t8-,9-/m1/s1. The molecule has 0 spiro atoms. The summed E-state index contributed by atoms with van der Waals surface area (Å²) in [7, 11) is 0. The second-order valence-electron chi connectivity index (χ2n) is 5.02. The fourth-order valence-corrected chi connectivity index (χ4v) is 2.82. The van der Waals surface area contributed by atoms with Gasteiger partial charge in [-0.25, -0.2) is 0 Å². The first-order valence-electron chi connectivity index (χ1n) is 4.49. The molecule has 0 radical (unpaired) electrons. The maximum Gasteiger partial charge on any atom is -0.0349 e. The molecule has 1 aliphatic carbocycles. The van der Waals surface area contributed by atoms with Crippen LogP contribution in [-0.4, -0.2) is 0 Å². The smallest absolute Gasteiger partial charge is 0.0349 e. The molecular weight excluding hydrogens is 120 g/mol. The molecule has 2 atom stereocenters. The van der Waals surface area contributed by atoms with Gasteiger partial charge in [0.2, 0.25) is 0 Å². The Bertz CT molecular complexity index is 101. The van der Waals surface area contributed by atoms with Crippen LogP contribution in [0.2, 0.25) is 0 Å². The summed E-state index contributed by atoms with van der Waals surface area (Å²) in [5, 5.41) is 0. The van der Waals surface area contributed by atoms with Gasteiger partial charge in [0, 0.05) is 0 Å². The van der Waals surface area contributed by atoms with Crippen molar-refractivity contribution in [3.8, 4) is 0 Å². The van der Waals surface area contributed by atoms with Crippen molar-refractivity contribution in [1.82, 2.24) is 0 Å². The van der Waals surface area contributed by atoms with Gasteiger partial charge in [-0.2, -0.15) is 0 Å². The van der Waals surface area contributed by atoms with Gasteiger partial charge in [0.15, 0.2) is 0 Å². The molecule has 10 heavy (non-hydrogen) atoms. The Morgan fingerprint density at radius 2 is 1.40 bits per heavy atom. The van der Waals surface area contributed by atoms with Gasteiger partial charge in [-0.05, 0) is 36.5 Å². The van der Waals surface area contributed by atoms with E-state index in [1.54, 1.807) is 0 Å². The highest BCUT2D eigenvalue weighted by Crippen LogP contribution is 2.41. The molecule has 0 aromatic heterocycles. The SMILES string of the molecule is C[C@@H]1C[C@@H](C)CC(C)(C)C1. The maximum absolute atomic E-state index is 2.40. The van der Waals surface area contributed by atoms with Crippen LogP contribution < -0.4 is 0 Å². The van der Waals surface area contributed by atoms with Gasteiger partial charge >= 0.3 is 0 Å². The lowest BCUT2D eigenvalue weighted by Crippen LogP contribution is -2.25. The average molecular weight is 140 g/mol. The highest BCUT2D eigenvalue weighted by Gasteiger charge is 2.29. The lowest BCUT2D eigenvalue weighted by atomic mass is 9.69. The molecule has 0 heterocycles. The lowest BCUT2D eigenvalue weighted by Gasteiger charge is -2.37. The molecule has 1 rings (SSSR count). The van der Waals surface area contributed by atoms with Crippen molar-refractivity contribution in [2.75, 3.05) is 0 Å². The van der Waals surface area contributed by atoms with Gasteiger partial charge in [-0.1, -0.05) is 27.7 Å². The van der Waals surface area contributed by atoms with Crippen molar-refractivity contribution in [1.29, 1.82) is 0 Å². The third kappa shape index (κ3) is 2.00. The summed E-state index contributed by atoms with van der Waals surface area (Å²) >= 11 is 0. The Kier molecular flexibility index (Phi) is 2.07. The molecule has 0 aromatic rings. The van der Waals surface area contributed by atoms with E-state index in [0.717, 1.165) is 11.8 Å². The van der Waals surface area contributed by atoms with Crippen LogP contribution >= 0.6 is 0 Å². The first-order chi connectivity index (χ1) is 4.49. The van der Waals surface area contributed by atoms with Crippen LogP contribution in [0.5, 0.6) is 0 Å². The van der Waals surface area contributed by atoms with E-state index < -0.39 is 0 Å². The molecule has 0 N–H and O–H groups in total. The van der Waals surface area contributed by atoms with Crippen LogP contribution in [0, 0.1) is 17.3 Å². The normalized spacial score (nSPS) is 39.6. The second-order valence-corrected chi connectivity index (χ2v) is 5.02. The fraction of sp³-hybridized carbons (Fsp3) is 1.00. The van der Waals surface area contributed by atoms with E-state index in [1.165, 1.54) is 19.3 Å². The predicted molar refractivity (Wildman–Crippen MR) is 46.0 cm³/mol. The Labute approximate surface area is 65.0 Å². The zero-order valence-electron chi connectivity index (χ0n) is 7.78. The molecule has 60 valence electrons. The second kappa shape index (κ2) is 2.56. The minimum absolute atomic E-state index is 0.622. The summed E-state index contributed by atoms with van der Waals surface area (Å²) < 4.78 is 0. The molecule has 0 amide bonds. The molecule has 1 saturated carbocycles. The molecule has 1 aliphatic rings. The number of hydrogen-bond acceptors (Lipinski definition) is 0. The highest BCUT2D eigenvalue weighted by atomic mass is 14.3. The van der Waals surface area contributed by atoms with Crippen molar-refractivity contribution < 1.29 is 0 Å². The first-order valence-corrected chi connectivity index (χ1v) is 4.49. The largest absolute Gasteiger partial charge is 0.0625 e. The Balaban J connectivity index is 2.51. The minimum atomic E-state index is 0.622. The molecule has 0 unspecified atom stereocenters. The third-order valence-corrected chi connectivity index (χ3v) is 2.61. The van der Waals surface area contributed by atoms with Crippen LogP contribution in [0.25, 0.3) is 0 Å². The van der Waals surface area contributed by atoms with Gasteiger partial charge in [-0.3, -0.25) is 0 Å².